The van der Waals surface area contributed by atoms with E-state index in [4.69, 9.17) is 4.74 Å². The maximum absolute atomic E-state index is 5.17. The Labute approximate surface area is 97.3 Å². The Morgan fingerprint density at radius 1 is 1.25 bits per heavy atom. The monoisotopic (exact) mass is 217 g/mol. The number of benzene rings is 1. The molecule has 0 saturated carbocycles. The van der Waals surface area contributed by atoms with Crippen molar-refractivity contribution in [2.24, 2.45) is 0 Å². The number of ether oxygens (including phenoxy) is 1. The van der Waals surface area contributed by atoms with E-state index >= 15 is 0 Å². The third kappa shape index (κ3) is 2.27. The van der Waals surface area contributed by atoms with Crippen LogP contribution in [0, 0.1) is 0 Å². The molecule has 1 atom stereocenters. The van der Waals surface area contributed by atoms with Crippen molar-refractivity contribution in [1.82, 2.24) is 5.32 Å². The second kappa shape index (κ2) is 5.17. The largest absolute Gasteiger partial charge is 0.497 e. The molecule has 0 spiro atoms. The smallest absolute Gasteiger partial charge is 0.118 e. The first-order valence-electron chi connectivity index (χ1n) is 5.85. The van der Waals surface area contributed by atoms with Crippen LogP contribution in [0.4, 0.5) is 0 Å². The van der Waals surface area contributed by atoms with Gasteiger partial charge in [0.25, 0.3) is 0 Å². The fourth-order valence-corrected chi connectivity index (χ4v) is 2.32. The molecule has 0 aliphatic heterocycles. The minimum atomic E-state index is 0.369. The highest BCUT2D eigenvalue weighted by atomic mass is 16.5. The molecule has 0 amide bonds. The van der Waals surface area contributed by atoms with Crippen molar-refractivity contribution in [1.29, 1.82) is 0 Å². The summed E-state index contributed by atoms with van der Waals surface area (Å²) in [6.45, 7) is 0. The molecule has 1 N–H and O–H groups in total. The fraction of sp³-hybridized carbons (Fsp3) is 0.429. The molecule has 0 fully saturated rings. The van der Waals surface area contributed by atoms with Gasteiger partial charge in [-0.1, -0.05) is 23.8 Å². The molecule has 2 heteroatoms. The molecule has 16 heavy (non-hydrogen) atoms. The Balaban J connectivity index is 2.19. The van der Waals surface area contributed by atoms with Crippen LogP contribution in [0.15, 0.2) is 35.9 Å². The average Bonchev–Trinajstić information content (AvgIpc) is 2.85. The van der Waals surface area contributed by atoms with Gasteiger partial charge in [-0.2, -0.15) is 0 Å². The summed E-state index contributed by atoms with van der Waals surface area (Å²) in [7, 11) is 3.72. The summed E-state index contributed by atoms with van der Waals surface area (Å²) in [4.78, 5) is 0. The maximum Gasteiger partial charge on any atom is 0.118 e. The second-order valence-electron chi connectivity index (χ2n) is 4.17. The number of allylic oxidation sites excluding steroid dienone is 1. The van der Waals surface area contributed by atoms with Gasteiger partial charge < -0.3 is 10.1 Å². The first-order chi connectivity index (χ1) is 7.85. The predicted octanol–water partition coefficient (Wildman–Crippen LogP) is 3.07. The Bertz CT molecular complexity index is 367. The highest BCUT2D eigenvalue weighted by molar-refractivity contribution is 5.34. The highest BCUT2D eigenvalue weighted by Gasteiger charge is 2.16. The van der Waals surface area contributed by atoms with E-state index in [-0.39, 0.29) is 0 Å². The SMILES string of the molecule is CNC(C1=CCCC1)c1ccc(OC)cc1. The molecule has 2 nitrogen and oxygen atoms in total. The third-order valence-corrected chi connectivity index (χ3v) is 3.18. The number of hydrogen-bond donors (Lipinski definition) is 1. The first-order valence-corrected chi connectivity index (χ1v) is 5.85. The molecule has 1 aliphatic carbocycles. The summed E-state index contributed by atoms with van der Waals surface area (Å²) in [6.07, 6.45) is 6.11. The summed E-state index contributed by atoms with van der Waals surface area (Å²) in [6, 6.07) is 8.69. The van der Waals surface area contributed by atoms with Crippen LogP contribution in [-0.2, 0) is 0 Å². The van der Waals surface area contributed by atoms with Crippen LogP contribution in [0.2, 0.25) is 0 Å². The fourth-order valence-electron chi connectivity index (χ4n) is 2.32. The minimum absolute atomic E-state index is 0.369. The molecule has 0 bridgehead atoms. The van der Waals surface area contributed by atoms with E-state index in [1.165, 1.54) is 30.4 Å². The summed E-state index contributed by atoms with van der Waals surface area (Å²) < 4.78 is 5.17. The Hall–Kier alpha value is -1.28. The van der Waals surface area contributed by atoms with Crippen LogP contribution in [-0.4, -0.2) is 14.2 Å². The van der Waals surface area contributed by atoms with Crippen molar-refractivity contribution in [3.63, 3.8) is 0 Å². The van der Waals surface area contributed by atoms with E-state index in [2.05, 4.69) is 23.5 Å². The molecule has 2 rings (SSSR count). The summed E-state index contributed by atoms with van der Waals surface area (Å²) in [5, 5.41) is 3.39. The molecular weight excluding hydrogens is 198 g/mol. The van der Waals surface area contributed by atoms with Gasteiger partial charge in [0.1, 0.15) is 5.75 Å². The summed E-state index contributed by atoms with van der Waals surface area (Å²) in [5.74, 6) is 0.916. The molecule has 0 aromatic heterocycles. The van der Waals surface area contributed by atoms with Crippen molar-refractivity contribution in [2.45, 2.75) is 25.3 Å². The van der Waals surface area contributed by atoms with E-state index in [0.717, 1.165) is 5.75 Å². The molecule has 1 unspecified atom stereocenters. The maximum atomic E-state index is 5.17. The number of methoxy groups -OCH3 is 1. The van der Waals surface area contributed by atoms with E-state index in [9.17, 15) is 0 Å². The lowest BCUT2D eigenvalue weighted by molar-refractivity contribution is 0.414. The van der Waals surface area contributed by atoms with E-state index in [0.29, 0.717) is 6.04 Å². The quantitative estimate of drug-likeness (QED) is 0.783. The zero-order chi connectivity index (χ0) is 11.4. The van der Waals surface area contributed by atoms with E-state index < -0.39 is 0 Å². The zero-order valence-electron chi connectivity index (χ0n) is 9.99. The van der Waals surface area contributed by atoms with Crippen LogP contribution in [0.1, 0.15) is 30.9 Å². The minimum Gasteiger partial charge on any atom is -0.497 e. The van der Waals surface area contributed by atoms with Gasteiger partial charge in [-0.05, 0) is 44.0 Å². The molecule has 86 valence electrons. The highest BCUT2D eigenvalue weighted by Crippen LogP contribution is 2.30. The Morgan fingerprint density at radius 3 is 2.50 bits per heavy atom. The van der Waals surface area contributed by atoms with Crippen molar-refractivity contribution < 1.29 is 4.74 Å². The van der Waals surface area contributed by atoms with Crippen LogP contribution < -0.4 is 10.1 Å². The standard InChI is InChI=1S/C14H19NO/c1-15-14(11-5-3-4-6-11)12-7-9-13(16-2)10-8-12/h5,7-10,14-15H,3-4,6H2,1-2H3. The van der Waals surface area contributed by atoms with Crippen molar-refractivity contribution in [2.75, 3.05) is 14.2 Å². The average molecular weight is 217 g/mol. The van der Waals surface area contributed by atoms with Gasteiger partial charge in [0.05, 0.1) is 13.2 Å². The zero-order valence-corrected chi connectivity index (χ0v) is 9.99. The normalized spacial score (nSPS) is 17.0. The molecule has 0 saturated heterocycles. The molecule has 1 aromatic rings. The Kier molecular flexibility index (Phi) is 3.62. The Morgan fingerprint density at radius 2 is 2.00 bits per heavy atom. The lowest BCUT2D eigenvalue weighted by atomic mass is 9.98. The third-order valence-electron chi connectivity index (χ3n) is 3.18. The van der Waals surface area contributed by atoms with Crippen LogP contribution in [0.25, 0.3) is 0 Å². The van der Waals surface area contributed by atoms with Crippen molar-refractivity contribution in [3.05, 3.63) is 41.5 Å². The van der Waals surface area contributed by atoms with E-state index in [1.54, 1.807) is 7.11 Å². The van der Waals surface area contributed by atoms with Crippen molar-refractivity contribution >= 4 is 0 Å². The summed E-state index contributed by atoms with van der Waals surface area (Å²) in [5.41, 5.74) is 2.84. The number of rotatable bonds is 4. The molecule has 1 aliphatic rings. The number of hydrogen-bond acceptors (Lipinski definition) is 2. The first kappa shape index (κ1) is 11.2. The lowest BCUT2D eigenvalue weighted by Crippen LogP contribution is -2.17. The molecule has 0 heterocycles. The van der Waals surface area contributed by atoms with Crippen LogP contribution in [0.3, 0.4) is 0 Å². The number of nitrogens with one attached hydrogen (secondary N) is 1. The second-order valence-corrected chi connectivity index (χ2v) is 4.17. The van der Waals surface area contributed by atoms with Crippen LogP contribution in [0.5, 0.6) is 5.75 Å². The van der Waals surface area contributed by atoms with Gasteiger partial charge in [0, 0.05) is 0 Å². The molecular formula is C14H19NO. The van der Waals surface area contributed by atoms with Crippen LogP contribution >= 0.6 is 0 Å². The molecule has 1 aromatic carbocycles. The summed E-state index contributed by atoms with van der Waals surface area (Å²) >= 11 is 0. The van der Waals surface area contributed by atoms with E-state index in [1.807, 2.05) is 19.2 Å². The topological polar surface area (TPSA) is 21.3 Å². The van der Waals surface area contributed by atoms with Gasteiger partial charge in [-0.15, -0.1) is 0 Å². The van der Waals surface area contributed by atoms with Crippen molar-refractivity contribution in [3.8, 4) is 5.75 Å². The number of likely N-dealkylation sites (N-methyl/N-ethyl adjacent to an activating group) is 1. The predicted molar refractivity (Wildman–Crippen MR) is 66.7 cm³/mol. The van der Waals surface area contributed by atoms with Gasteiger partial charge in [-0.3, -0.25) is 0 Å². The molecule has 0 radical (unpaired) electrons. The van der Waals surface area contributed by atoms with Gasteiger partial charge >= 0.3 is 0 Å². The van der Waals surface area contributed by atoms with Gasteiger partial charge in [0.15, 0.2) is 0 Å². The van der Waals surface area contributed by atoms with Gasteiger partial charge in [0.2, 0.25) is 0 Å². The lowest BCUT2D eigenvalue weighted by Gasteiger charge is -2.18. The van der Waals surface area contributed by atoms with Gasteiger partial charge in [-0.25, -0.2) is 0 Å².